The lowest BCUT2D eigenvalue weighted by Crippen LogP contribution is -2.55. The van der Waals surface area contributed by atoms with Crippen LogP contribution in [0, 0.1) is 13.8 Å². The van der Waals surface area contributed by atoms with Gasteiger partial charge in [-0.25, -0.2) is 8.42 Å². The highest BCUT2D eigenvalue weighted by molar-refractivity contribution is 7.92. The Morgan fingerprint density at radius 1 is 1.03 bits per heavy atom. The summed E-state index contributed by atoms with van der Waals surface area (Å²) in [6.07, 6.45) is 4.98. The fraction of sp³-hybridized carbons (Fsp3) is 0.741. The molecule has 2 atom stereocenters. The van der Waals surface area contributed by atoms with Gasteiger partial charge >= 0.3 is 0 Å². The molecule has 1 aromatic rings. The zero-order chi connectivity index (χ0) is 26.6. The minimum absolute atomic E-state index is 0.137. The number of sulfone groups is 1. The van der Waals surface area contributed by atoms with E-state index in [0.717, 1.165) is 45.6 Å². The van der Waals surface area contributed by atoms with E-state index in [0.29, 0.717) is 42.4 Å². The van der Waals surface area contributed by atoms with Crippen molar-refractivity contribution in [2.75, 3.05) is 66.6 Å². The number of piperidine rings is 2. The number of rotatable bonds is 8. The second-order valence-electron chi connectivity index (χ2n) is 10.8. The maximum Gasteiger partial charge on any atom is 0.248 e. The number of likely N-dealkylation sites (tertiary alicyclic amines) is 1. The predicted molar refractivity (Wildman–Crippen MR) is 144 cm³/mol. The molecule has 9 nitrogen and oxygen atoms in total. The van der Waals surface area contributed by atoms with Gasteiger partial charge in [-0.05, 0) is 89.5 Å². The Balaban J connectivity index is 1.42. The quantitative estimate of drug-likeness (QED) is 0.538. The van der Waals surface area contributed by atoms with E-state index in [1.165, 1.54) is 12.8 Å². The summed E-state index contributed by atoms with van der Waals surface area (Å²) < 4.78 is 39.3. The number of benzene rings is 1. The minimum atomic E-state index is -3.86. The highest BCUT2D eigenvalue weighted by Gasteiger charge is 2.39. The smallest absolute Gasteiger partial charge is 0.248 e. The van der Waals surface area contributed by atoms with Crippen molar-refractivity contribution in [3.8, 4) is 5.75 Å². The monoisotopic (exact) mass is 536 g/mol. The number of methoxy groups -OCH3 is 1. The van der Waals surface area contributed by atoms with Crippen LogP contribution in [-0.2, 0) is 19.4 Å². The second kappa shape index (κ2) is 12.4. The number of nitrogens with one attached hydrogen (secondary N) is 1. The van der Waals surface area contributed by atoms with Crippen LogP contribution in [0.2, 0.25) is 0 Å². The van der Waals surface area contributed by atoms with E-state index in [4.69, 9.17) is 9.47 Å². The third kappa shape index (κ3) is 6.65. The van der Waals surface area contributed by atoms with Gasteiger partial charge in [0.1, 0.15) is 12.4 Å². The molecular weight excluding hydrogens is 492 g/mol. The molecule has 2 unspecified atom stereocenters. The van der Waals surface area contributed by atoms with Gasteiger partial charge in [-0.15, -0.1) is 0 Å². The topological polar surface area (TPSA) is 91.4 Å². The third-order valence-electron chi connectivity index (χ3n) is 8.18. The van der Waals surface area contributed by atoms with E-state index >= 15 is 0 Å². The van der Waals surface area contributed by atoms with Gasteiger partial charge in [0, 0.05) is 38.3 Å². The van der Waals surface area contributed by atoms with Crippen LogP contribution in [-0.4, -0.2) is 113 Å². The van der Waals surface area contributed by atoms with Crippen molar-refractivity contribution >= 4 is 15.7 Å². The summed E-state index contributed by atoms with van der Waals surface area (Å²) >= 11 is 0. The molecule has 3 heterocycles. The summed E-state index contributed by atoms with van der Waals surface area (Å²) in [5.41, 5.74) is 0.123. The molecule has 3 aliphatic heterocycles. The lowest BCUT2D eigenvalue weighted by Gasteiger charge is -2.42. The molecule has 3 saturated heterocycles. The number of carbonyl (C=O) groups is 1. The van der Waals surface area contributed by atoms with Crippen LogP contribution in [0.5, 0.6) is 5.75 Å². The molecule has 0 radical (unpaired) electrons. The van der Waals surface area contributed by atoms with Crippen molar-refractivity contribution in [1.29, 1.82) is 0 Å². The van der Waals surface area contributed by atoms with Crippen LogP contribution in [0.3, 0.4) is 0 Å². The van der Waals surface area contributed by atoms with Crippen LogP contribution in [0.4, 0.5) is 0 Å². The third-order valence-corrected chi connectivity index (χ3v) is 10.5. The van der Waals surface area contributed by atoms with Crippen LogP contribution in [0.15, 0.2) is 17.0 Å². The summed E-state index contributed by atoms with van der Waals surface area (Å²) in [5.74, 6) is 0.485. The Morgan fingerprint density at radius 2 is 1.68 bits per heavy atom. The van der Waals surface area contributed by atoms with E-state index < -0.39 is 15.3 Å². The standard InChI is InChI=1S/C27H44N4O5S/c1-20-17-23(35-4)18-21(2)26(20)37(33,34)27(24-7-5-6-10-28-24)36-19-25(32)31-15-13-30(14-16-31)22-8-11-29(3)12-9-22/h17-18,22,24,27-28H,5-16,19H2,1-4H3. The molecular formula is C27H44N4O5S. The number of carbonyl (C=O) groups excluding carboxylic acids is 1. The Morgan fingerprint density at radius 3 is 2.24 bits per heavy atom. The average molecular weight is 537 g/mol. The van der Waals surface area contributed by atoms with Crippen molar-refractivity contribution in [3.05, 3.63) is 23.3 Å². The first-order valence-electron chi connectivity index (χ1n) is 13.6. The number of hydrogen-bond acceptors (Lipinski definition) is 8. The first kappa shape index (κ1) is 28.3. The number of hydrogen-bond donors (Lipinski definition) is 1. The van der Waals surface area contributed by atoms with Gasteiger partial charge in [0.15, 0.2) is 5.44 Å². The summed E-state index contributed by atoms with van der Waals surface area (Å²) in [4.78, 5) is 20.1. The number of piperazine rings is 1. The fourth-order valence-electron chi connectivity index (χ4n) is 6.07. The maximum atomic E-state index is 14.0. The van der Waals surface area contributed by atoms with Crippen molar-refractivity contribution < 1.29 is 22.7 Å². The van der Waals surface area contributed by atoms with Crippen LogP contribution < -0.4 is 10.1 Å². The molecule has 1 N–H and O–H groups in total. The van der Waals surface area contributed by atoms with Crippen LogP contribution in [0.1, 0.15) is 43.2 Å². The average Bonchev–Trinajstić information content (AvgIpc) is 2.89. The molecule has 37 heavy (non-hydrogen) atoms. The first-order valence-corrected chi connectivity index (χ1v) is 15.2. The fourth-order valence-corrected chi connectivity index (χ4v) is 8.23. The largest absolute Gasteiger partial charge is 0.497 e. The van der Waals surface area contributed by atoms with Gasteiger partial charge in [-0.1, -0.05) is 6.42 Å². The molecule has 0 aromatic heterocycles. The van der Waals surface area contributed by atoms with Crippen molar-refractivity contribution in [2.24, 2.45) is 0 Å². The van der Waals surface area contributed by atoms with E-state index in [-0.39, 0.29) is 23.5 Å². The van der Waals surface area contributed by atoms with Gasteiger partial charge in [0.05, 0.1) is 12.0 Å². The second-order valence-corrected chi connectivity index (χ2v) is 12.8. The highest BCUT2D eigenvalue weighted by atomic mass is 32.2. The number of aryl methyl sites for hydroxylation is 2. The van der Waals surface area contributed by atoms with E-state index in [1.54, 1.807) is 33.1 Å². The predicted octanol–water partition coefficient (Wildman–Crippen LogP) is 1.81. The van der Waals surface area contributed by atoms with Crippen LogP contribution >= 0.6 is 0 Å². The van der Waals surface area contributed by atoms with Crippen molar-refractivity contribution in [1.82, 2.24) is 20.0 Å². The maximum absolute atomic E-state index is 14.0. The lowest BCUT2D eigenvalue weighted by atomic mass is 10.0. The van der Waals surface area contributed by atoms with E-state index in [9.17, 15) is 13.2 Å². The van der Waals surface area contributed by atoms with E-state index in [2.05, 4.69) is 22.2 Å². The molecule has 0 aliphatic carbocycles. The molecule has 0 saturated carbocycles. The Bertz CT molecular complexity index is 1000. The van der Waals surface area contributed by atoms with Crippen molar-refractivity contribution in [2.45, 2.75) is 68.4 Å². The van der Waals surface area contributed by atoms with Crippen LogP contribution in [0.25, 0.3) is 0 Å². The molecule has 0 spiro atoms. The normalized spacial score (nSPS) is 23.7. The van der Waals surface area contributed by atoms with Gasteiger partial charge < -0.3 is 24.6 Å². The number of ether oxygens (including phenoxy) is 2. The molecule has 1 aromatic carbocycles. The number of amides is 1. The van der Waals surface area contributed by atoms with Crippen molar-refractivity contribution in [3.63, 3.8) is 0 Å². The summed E-state index contributed by atoms with van der Waals surface area (Å²) in [6, 6.07) is 3.71. The molecule has 3 fully saturated rings. The van der Waals surface area contributed by atoms with Gasteiger partial charge in [0.2, 0.25) is 15.7 Å². The Labute approximate surface area is 222 Å². The molecule has 208 valence electrons. The zero-order valence-electron chi connectivity index (χ0n) is 22.9. The first-order chi connectivity index (χ1) is 17.7. The number of nitrogens with zero attached hydrogens (tertiary/aromatic N) is 3. The molecule has 0 bridgehead atoms. The summed E-state index contributed by atoms with van der Waals surface area (Å²) in [7, 11) is -0.128. The summed E-state index contributed by atoms with van der Waals surface area (Å²) in [6.45, 7) is 9.34. The van der Waals surface area contributed by atoms with Gasteiger partial charge in [0.25, 0.3) is 0 Å². The zero-order valence-corrected chi connectivity index (χ0v) is 23.7. The highest BCUT2D eigenvalue weighted by Crippen LogP contribution is 2.31. The molecule has 1 amide bonds. The van der Waals surface area contributed by atoms with Gasteiger partial charge in [-0.3, -0.25) is 9.69 Å². The molecule has 3 aliphatic rings. The van der Waals surface area contributed by atoms with E-state index in [1.807, 2.05) is 4.90 Å². The minimum Gasteiger partial charge on any atom is -0.497 e. The Hall–Kier alpha value is -1.72. The lowest BCUT2D eigenvalue weighted by molar-refractivity contribution is -0.139. The SMILES string of the molecule is COc1cc(C)c(S(=O)(=O)C(OCC(=O)N2CCN(C3CCN(C)CC3)CC2)C2CCCCN2)c(C)c1. The van der Waals surface area contributed by atoms with Gasteiger partial charge in [-0.2, -0.15) is 0 Å². The summed E-state index contributed by atoms with van der Waals surface area (Å²) in [5, 5.41) is 3.34. The Kier molecular flexibility index (Phi) is 9.50. The molecule has 4 rings (SSSR count). The molecule has 10 heteroatoms.